The van der Waals surface area contributed by atoms with E-state index in [1.54, 1.807) is 0 Å². The summed E-state index contributed by atoms with van der Waals surface area (Å²) >= 11 is 3.48. The molecule has 2 aromatic rings. The number of carbonyl (C=O) groups is 1. The van der Waals surface area contributed by atoms with E-state index in [1.807, 2.05) is 25.1 Å². The molecular weight excluding hydrogens is 378 g/mol. The largest absolute Gasteiger partial charge is 0.360 e. The number of carbonyl (C=O) groups excluding carboxylic acids is 1. The van der Waals surface area contributed by atoms with Crippen molar-refractivity contribution in [3.05, 3.63) is 58.6 Å². The highest BCUT2D eigenvalue weighted by Gasteiger charge is 2.20. The average Bonchev–Trinajstić information content (AvgIpc) is 2.64. The van der Waals surface area contributed by atoms with Gasteiger partial charge in [0.2, 0.25) is 5.91 Å². The van der Waals surface area contributed by atoms with Crippen molar-refractivity contribution in [1.29, 1.82) is 0 Å². The number of benzene rings is 2. The van der Waals surface area contributed by atoms with Crippen LogP contribution in [0, 0.1) is 6.92 Å². The lowest BCUT2D eigenvalue weighted by Crippen LogP contribution is -3.15. The molecule has 0 saturated carbocycles. The molecule has 0 aromatic heterocycles. The molecule has 132 valence electrons. The zero-order chi connectivity index (χ0) is 17.6. The number of aryl methyl sites for hydroxylation is 1. The first-order chi connectivity index (χ1) is 12.1. The van der Waals surface area contributed by atoms with Crippen LogP contribution in [0.15, 0.2) is 53.0 Å². The molecule has 1 aliphatic heterocycles. The number of amides is 1. The van der Waals surface area contributed by atoms with Gasteiger partial charge in [0.15, 0.2) is 0 Å². The van der Waals surface area contributed by atoms with Crippen LogP contribution in [0.2, 0.25) is 0 Å². The first-order valence-corrected chi connectivity index (χ1v) is 9.61. The number of anilines is 2. The van der Waals surface area contributed by atoms with Gasteiger partial charge in [-0.3, -0.25) is 4.79 Å². The van der Waals surface area contributed by atoms with E-state index in [0.717, 1.165) is 48.4 Å². The summed E-state index contributed by atoms with van der Waals surface area (Å²) in [5.74, 6) is 0.0970. The maximum atomic E-state index is 12.2. The Kier molecular flexibility index (Phi) is 6.10. The Morgan fingerprint density at radius 3 is 2.56 bits per heavy atom. The van der Waals surface area contributed by atoms with Gasteiger partial charge in [0.05, 0.1) is 39.1 Å². The Morgan fingerprint density at radius 1 is 1.16 bits per heavy atom. The number of nitrogens with one attached hydrogen (secondary N) is 2. The van der Waals surface area contributed by atoms with Crippen molar-refractivity contribution < 1.29 is 9.69 Å². The van der Waals surface area contributed by atoms with Gasteiger partial charge >= 0.3 is 0 Å². The summed E-state index contributed by atoms with van der Waals surface area (Å²) in [6.45, 7) is 7.18. The first-order valence-electron chi connectivity index (χ1n) is 8.81. The molecule has 0 radical (unpaired) electrons. The van der Waals surface area contributed by atoms with E-state index in [-0.39, 0.29) is 5.91 Å². The minimum Gasteiger partial charge on any atom is -0.360 e. The third kappa shape index (κ3) is 5.06. The highest BCUT2D eigenvalue weighted by atomic mass is 79.9. The van der Waals surface area contributed by atoms with Gasteiger partial charge in [-0.2, -0.15) is 0 Å². The SMILES string of the molecule is Cc1cc(NC(=O)CC[NH+]2CCN(c3ccccc3)CC2)ccc1Br. The van der Waals surface area contributed by atoms with Gasteiger partial charge < -0.3 is 15.1 Å². The Morgan fingerprint density at radius 2 is 1.88 bits per heavy atom. The number of quaternary nitrogens is 1. The van der Waals surface area contributed by atoms with Crippen LogP contribution in [0.1, 0.15) is 12.0 Å². The van der Waals surface area contributed by atoms with E-state index in [9.17, 15) is 4.79 Å². The van der Waals surface area contributed by atoms with E-state index in [0.29, 0.717) is 6.42 Å². The first kappa shape index (κ1) is 18.0. The van der Waals surface area contributed by atoms with Crippen LogP contribution in [0.25, 0.3) is 0 Å². The molecule has 1 saturated heterocycles. The van der Waals surface area contributed by atoms with Gasteiger partial charge in [0.25, 0.3) is 0 Å². The van der Waals surface area contributed by atoms with Crippen molar-refractivity contribution in [3.63, 3.8) is 0 Å². The second-order valence-electron chi connectivity index (χ2n) is 6.58. The fourth-order valence-electron chi connectivity index (χ4n) is 3.21. The summed E-state index contributed by atoms with van der Waals surface area (Å²) in [4.78, 5) is 16.1. The van der Waals surface area contributed by atoms with Crippen LogP contribution in [0.5, 0.6) is 0 Å². The molecule has 1 aliphatic rings. The molecule has 1 amide bonds. The predicted octanol–water partition coefficient (Wildman–Crippen LogP) is 2.49. The van der Waals surface area contributed by atoms with Gasteiger partial charge in [-0.05, 0) is 42.8 Å². The molecule has 5 heteroatoms. The summed E-state index contributed by atoms with van der Waals surface area (Å²) < 4.78 is 1.06. The second-order valence-corrected chi connectivity index (χ2v) is 7.44. The number of piperazine rings is 1. The standard InChI is InChI=1S/C20H24BrN3O/c1-16-15-17(7-8-19(16)21)22-20(25)9-10-23-11-13-24(14-12-23)18-5-3-2-4-6-18/h2-8,15H,9-14H2,1H3,(H,22,25)/p+1. The fourth-order valence-corrected chi connectivity index (χ4v) is 3.45. The third-order valence-corrected chi connectivity index (χ3v) is 5.63. The predicted molar refractivity (Wildman–Crippen MR) is 106 cm³/mol. The molecule has 0 aliphatic carbocycles. The average molecular weight is 403 g/mol. The van der Waals surface area contributed by atoms with Crippen molar-refractivity contribution >= 4 is 33.2 Å². The Bertz CT molecular complexity index is 712. The zero-order valence-electron chi connectivity index (χ0n) is 14.6. The van der Waals surface area contributed by atoms with Gasteiger partial charge in [-0.15, -0.1) is 0 Å². The van der Waals surface area contributed by atoms with Crippen LogP contribution in [-0.2, 0) is 4.79 Å². The number of para-hydroxylation sites is 1. The molecule has 3 rings (SSSR count). The van der Waals surface area contributed by atoms with E-state index < -0.39 is 0 Å². The van der Waals surface area contributed by atoms with Crippen molar-refractivity contribution in [1.82, 2.24) is 0 Å². The summed E-state index contributed by atoms with van der Waals surface area (Å²) in [6.07, 6.45) is 0.565. The lowest BCUT2D eigenvalue weighted by Gasteiger charge is -2.33. The zero-order valence-corrected chi connectivity index (χ0v) is 16.2. The maximum Gasteiger partial charge on any atom is 0.230 e. The van der Waals surface area contributed by atoms with E-state index in [2.05, 4.69) is 56.5 Å². The van der Waals surface area contributed by atoms with Crippen molar-refractivity contribution in [3.8, 4) is 0 Å². The monoisotopic (exact) mass is 402 g/mol. The van der Waals surface area contributed by atoms with E-state index in [4.69, 9.17) is 0 Å². The summed E-state index contributed by atoms with van der Waals surface area (Å²) in [7, 11) is 0. The Hall–Kier alpha value is -1.85. The lowest BCUT2D eigenvalue weighted by atomic mass is 10.2. The van der Waals surface area contributed by atoms with Crippen molar-refractivity contribution in [2.24, 2.45) is 0 Å². The minimum atomic E-state index is 0.0970. The maximum absolute atomic E-state index is 12.2. The van der Waals surface area contributed by atoms with Crippen molar-refractivity contribution in [2.45, 2.75) is 13.3 Å². The number of rotatable bonds is 5. The summed E-state index contributed by atoms with van der Waals surface area (Å²) in [5, 5.41) is 3.00. The quantitative estimate of drug-likeness (QED) is 0.805. The Balaban J connectivity index is 1.42. The van der Waals surface area contributed by atoms with E-state index >= 15 is 0 Å². The van der Waals surface area contributed by atoms with Crippen LogP contribution < -0.4 is 15.1 Å². The van der Waals surface area contributed by atoms with Crippen LogP contribution in [0.4, 0.5) is 11.4 Å². The van der Waals surface area contributed by atoms with Crippen LogP contribution in [0.3, 0.4) is 0 Å². The molecular formula is C20H25BrN3O+. The second kappa shape index (κ2) is 8.50. The molecule has 1 fully saturated rings. The number of halogens is 1. The molecule has 0 spiro atoms. The Labute approximate surface area is 158 Å². The fraction of sp³-hybridized carbons (Fsp3) is 0.350. The van der Waals surface area contributed by atoms with Crippen LogP contribution >= 0.6 is 15.9 Å². The minimum absolute atomic E-state index is 0.0970. The lowest BCUT2D eigenvalue weighted by molar-refractivity contribution is -0.900. The molecule has 0 atom stereocenters. The van der Waals surface area contributed by atoms with Gasteiger partial charge in [0.1, 0.15) is 0 Å². The number of hydrogen-bond donors (Lipinski definition) is 2. The molecule has 0 unspecified atom stereocenters. The molecule has 4 nitrogen and oxygen atoms in total. The number of hydrogen-bond acceptors (Lipinski definition) is 2. The van der Waals surface area contributed by atoms with Gasteiger partial charge in [-0.25, -0.2) is 0 Å². The topological polar surface area (TPSA) is 36.8 Å². The third-order valence-electron chi connectivity index (χ3n) is 4.74. The highest BCUT2D eigenvalue weighted by molar-refractivity contribution is 9.10. The van der Waals surface area contributed by atoms with E-state index in [1.165, 1.54) is 10.6 Å². The molecule has 25 heavy (non-hydrogen) atoms. The molecule has 2 aromatic carbocycles. The highest BCUT2D eigenvalue weighted by Crippen LogP contribution is 2.20. The van der Waals surface area contributed by atoms with Crippen LogP contribution in [-0.4, -0.2) is 38.6 Å². The van der Waals surface area contributed by atoms with Gasteiger partial charge in [-0.1, -0.05) is 34.1 Å². The smallest absolute Gasteiger partial charge is 0.230 e. The van der Waals surface area contributed by atoms with Gasteiger partial charge in [0, 0.05) is 15.8 Å². The summed E-state index contributed by atoms with van der Waals surface area (Å²) in [6, 6.07) is 16.5. The number of nitrogens with zero attached hydrogens (tertiary/aromatic N) is 1. The van der Waals surface area contributed by atoms with Crippen molar-refractivity contribution in [2.75, 3.05) is 42.9 Å². The molecule has 2 N–H and O–H groups in total. The molecule has 0 bridgehead atoms. The normalized spacial score (nSPS) is 15.2. The molecule has 1 heterocycles. The summed E-state index contributed by atoms with van der Waals surface area (Å²) in [5.41, 5.74) is 3.29.